The van der Waals surface area contributed by atoms with Crippen LogP contribution in [0.15, 0.2) is 76.7 Å². The van der Waals surface area contributed by atoms with E-state index in [1.54, 1.807) is 35.9 Å². The maximum Gasteiger partial charge on any atom is 0.262 e. The molecular formula is C31H31N3O6S. The molecule has 1 aliphatic rings. The van der Waals surface area contributed by atoms with Crippen LogP contribution >= 0.6 is 11.8 Å². The molecule has 0 unspecified atom stereocenters. The van der Waals surface area contributed by atoms with Crippen molar-refractivity contribution in [2.24, 2.45) is 0 Å². The molecule has 4 aromatic rings. The first-order valence-electron chi connectivity index (χ1n) is 13.5. The number of ketones is 1. The molecule has 0 aliphatic carbocycles. The third kappa shape index (κ3) is 7.07. The monoisotopic (exact) mass is 573 g/mol. The Morgan fingerprint density at radius 1 is 1.00 bits per heavy atom. The van der Waals surface area contributed by atoms with Crippen LogP contribution in [0.25, 0.3) is 10.9 Å². The fourth-order valence-electron chi connectivity index (χ4n) is 4.50. The van der Waals surface area contributed by atoms with Crippen molar-refractivity contribution in [1.29, 1.82) is 0 Å². The van der Waals surface area contributed by atoms with Crippen molar-refractivity contribution in [2.45, 2.75) is 43.9 Å². The number of fused-ring (bicyclic) bond motifs is 2. The average molecular weight is 574 g/mol. The second-order valence-electron chi connectivity index (χ2n) is 9.59. The van der Waals surface area contributed by atoms with Crippen LogP contribution in [-0.4, -0.2) is 40.9 Å². The van der Waals surface area contributed by atoms with Crippen LogP contribution < -0.4 is 25.1 Å². The summed E-state index contributed by atoms with van der Waals surface area (Å²) in [5.74, 6) is 1.93. The highest BCUT2D eigenvalue weighted by Gasteiger charge is 2.20. The number of hydrogen-bond donors (Lipinski definition) is 1. The summed E-state index contributed by atoms with van der Waals surface area (Å²) in [6.07, 6.45) is 2.54. The second kappa shape index (κ2) is 13.4. The van der Waals surface area contributed by atoms with Gasteiger partial charge in [0.2, 0.25) is 12.7 Å². The summed E-state index contributed by atoms with van der Waals surface area (Å²) in [5.41, 5.74) is 1.92. The number of nitrogens with zero attached hydrogens (tertiary/aromatic N) is 2. The Labute approximate surface area is 241 Å². The van der Waals surface area contributed by atoms with Crippen molar-refractivity contribution in [1.82, 2.24) is 14.9 Å². The quantitative estimate of drug-likeness (QED) is 0.103. The van der Waals surface area contributed by atoms with Crippen LogP contribution in [0.1, 0.15) is 41.6 Å². The molecule has 1 aromatic heterocycles. The minimum Gasteiger partial charge on any atom is -0.497 e. The minimum atomic E-state index is -0.194. The topological polar surface area (TPSA) is 109 Å². The predicted molar refractivity (Wildman–Crippen MR) is 157 cm³/mol. The Morgan fingerprint density at radius 2 is 1.76 bits per heavy atom. The first-order valence-corrected chi connectivity index (χ1v) is 14.5. The number of carbonyl (C=O) groups excluding carboxylic acids is 2. The van der Waals surface area contributed by atoms with Crippen LogP contribution in [0, 0.1) is 0 Å². The Morgan fingerprint density at radius 3 is 2.51 bits per heavy atom. The maximum absolute atomic E-state index is 13.6. The smallest absolute Gasteiger partial charge is 0.262 e. The number of aromatic nitrogens is 2. The van der Waals surface area contributed by atoms with Crippen LogP contribution in [0.2, 0.25) is 0 Å². The highest BCUT2D eigenvalue weighted by Crippen LogP contribution is 2.35. The predicted octanol–water partition coefficient (Wildman–Crippen LogP) is 4.99. The number of nitrogens with one attached hydrogen (secondary N) is 1. The van der Waals surface area contributed by atoms with Gasteiger partial charge in [0.05, 0.1) is 23.8 Å². The van der Waals surface area contributed by atoms with E-state index < -0.39 is 0 Å². The molecule has 10 heteroatoms. The largest absolute Gasteiger partial charge is 0.497 e. The average Bonchev–Trinajstić information content (AvgIpc) is 3.47. The number of rotatable bonds is 13. The number of unbranched alkanes of at least 4 members (excludes halogenated alkanes) is 2. The van der Waals surface area contributed by atoms with Gasteiger partial charge in [-0.15, -0.1) is 0 Å². The number of hydrogen-bond acceptors (Lipinski definition) is 8. The van der Waals surface area contributed by atoms with Crippen molar-refractivity contribution in [3.63, 3.8) is 0 Å². The van der Waals surface area contributed by atoms with Crippen molar-refractivity contribution >= 4 is 34.4 Å². The Balaban J connectivity index is 1.21. The van der Waals surface area contributed by atoms with E-state index in [2.05, 4.69) is 5.32 Å². The SMILES string of the molecule is COc1ccc(CNC(=O)CCCCCn2c(SCC(=O)c3ccccc3)nc3cc4c(cc3c2=O)OCO4)cc1. The number of benzene rings is 3. The third-order valence-electron chi connectivity index (χ3n) is 6.78. The van der Waals surface area contributed by atoms with Gasteiger partial charge in [0.25, 0.3) is 5.56 Å². The summed E-state index contributed by atoms with van der Waals surface area (Å²) in [7, 11) is 1.62. The first-order chi connectivity index (χ1) is 20.0. The van der Waals surface area contributed by atoms with Gasteiger partial charge in [-0.25, -0.2) is 4.98 Å². The molecule has 0 spiro atoms. The van der Waals surface area contributed by atoms with E-state index in [-0.39, 0.29) is 29.8 Å². The van der Waals surface area contributed by atoms with Crippen LogP contribution in [0.4, 0.5) is 0 Å². The number of thioether (sulfide) groups is 1. The Hall–Kier alpha value is -4.31. The fraction of sp³-hybridized carbons (Fsp3) is 0.290. The molecule has 9 nitrogen and oxygen atoms in total. The molecule has 41 heavy (non-hydrogen) atoms. The van der Waals surface area contributed by atoms with Crippen LogP contribution in [0.3, 0.4) is 0 Å². The molecule has 0 saturated heterocycles. The zero-order valence-corrected chi connectivity index (χ0v) is 23.6. The second-order valence-corrected chi connectivity index (χ2v) is 10.5. The lowest BCUT2D eigenvalue weighted by Crippen LogP contribution is -2.24. The number of carbonyl (C=O) groups is 2. The molecule has 2 heterocycles. The summed E-state index contributed by atoms with van der Waals surface area (Å²) in [6, 6.07) is 20.0. The zero-order chi connectivity index (χ0) is 28.6. The van der Waals surface area contributed by atoms with E-state index in [1.165, 1.54) is 11.8 Å². The van der Waals surface area contributed by atoms with E-state index in [0.29, 0.717) is 65.5 Å². The fourth-order valence-corrected chi connectivity index (χ4v) is 5.42. The van der Waals surface area contributed by atoms with Crippen LogP contribution in [-0.2, 0) is 17.9 Å². The van der Waals surface area contributed by atoms with Gasteiger partial charge >= 0.3 is 0 Å². The number of methoxy groups -OCH3 is 1. The highest BCUT2D eigenvalue weighted by molar-refractivity contribution is 7.99. The van der Waals surface area contributed by atoms with Gasteiger partial charge in [0, 0.05) is 31.1 Å². The molecule has 0 atom stereocenters. The summed E-state index contributed by atoms with van der Waals surface area (Å²) in [5, 5.41) is 3.85. The van der Waals surface area contributed by atoms with Gasteiger partial charge < -0.3 is 19.5 Å². The van der Waals surface area contributed by atoms with Gasteiger partial charge in [0.15, 0.2) is 22.4 Å². The lowest BCUT2D eigenvalue weighted by molar-refractivity contribution is -0.121. The van der Waals surface area contributed by atoms with Crippen molar-refractivity contribution < 1.29 is 23.8 Å². The number of Topliss-reactive ketones (excluding diaryl/α,β-unsaturated/α-hetero) is 1. The molecule has 3 aromatic carbocycles. The Kier molecular flexibility index (Phi) is 9.20. The summed E-state index contributed by atoms with van der Waals surface area (Å²) in [4.78, 5) is 43.4. The molecule has 0 bridgehead atoms. The van der Waals surface area contributed by atoms with E-state index in [9.17, 15) is 14.4 Å². The first kappa shape index (κ1) is 28.2. The summed E-state index contributed by atoms with van der Waals surface area (Å²) in [6.45, 7) is 0.980. The highest BCUT2D eigenvalue weighted by atomic mass is 32.2. The summed E-state index contributed by atoms with van der Waals surface area (Å²) >= 11 is 1.25. The van der Waals surface area contributed by atoms with Crippen molar-refractivity contribution in [3.8, 4) is 17.2 Å². The lowest BCUT2D eigenvalue weighted by Gasteiger charge is -2.13. The normalized spacial score (nSPS) is 11.9. The third-order valence-corrected chi connectivity index (χ3v) is 7.75. The zero-order valence-electron chi connectivity index (χ0n) is 22.8. The van der Waals surface area contributed by atoms with E-state index in [1.807, 2.05) is 42.5 Å². The molecule has 5 rings (SSSR count). The molecule has 1 aliphatic heterocycles. The number of amides is 1. The minimum absolute atomic E-state index is 0.0166. The van der Waals surface area contributed by atoms with Gasteiger partial charge in [-0.1, -0.05) is 60.6 Å². The molecule has 1 amide bonds. The Bertz CT molecular complexity index is 1590. The summed E-state index contributed by atoms with van der Waals surface area (Å²) < 4.78 is 17.7. The molecule has 0 radical (unpaired) electrons. The van der Waals surface area contributed by atoms with Crippen LogP contribution in [0.5, 0.6) is 17.2 Å². The van der Waals surface area contributed by atoms with E-state index >= 15 is 0 Å². The molecule has 0 fully saturated rings. The molecule has 1 N–H and O–H groups in total. The van der Waals surface area contributed by atoms with Gasteiger partial charge in [-0.2, -0.15) is 0 Å². The van der Waals surface area contributed by atoms with Crippen molar-refractivity contribution in [3.05, 3.63) is 88.2 Å². The molecule has 0 saturated carbocycles. The lowest BCUT2D eigenvalue weighted by atomic mass is 10.1. The standard InChI is InChI=1S/C31H31N3O6S/c1-38-23-13-11-21(12-14-23)18-32-29(36)10-6-3-7-15-34-30(37)24-16-27-28(40-20-39-27)17-25(24)33-31(34)41-19-26(35)22-8-4-2-5-9-22/h2,4-5,8-9,11-14,16-17H,3,6-7,10,15,18-20H2,1H3,(H,32,36). The van der Waals surface area contributed by atoms with E-state index in [0.717, 1.165) is 17.7 Å². The van der Waals surface area contributed by atoms with E-state index in [4.69, 9.17) is 19.2 Å². The molecule has 212 valence electrons. The maximum atomic E-state index is 13.6. The van der Waals surface area contributed by atoms with Crippen molar-refractivity contribution in [2.75, 3.05) is 19.7 Å². The van der Waals surface area contributed by atoms with Gasteiger partial charge in [0.1, 0.15) is 5.75 Å². The number of ether oxygens (including phenoxy) is 3. The molecular weight excluding hydrogens is 542 g/mol. The van der Waals surface area contributed by atoms with Gasteiger partial charge in [-0.05, 0) is 36.6 Å². The van der Waals surface area contributed by atoms with Gasteiger partial charge in [-0.3, -0.25) is 19.0 Å².